The van der Waals surface area contributed by atoms with Gasteiger partial charge in [-0.3, -0.25) is 14.2 Å². The second-order valence-electron chi connectivity index (χ2n) is 5.82. The summed E-state index contributed by atoms with van der Waals surface area (Å²) in [5, 5.41) is 0. The molecule has 0 unspecified atom stereocenters. The zero-order chi connectivity index (χ0) is 11.2. The van der Waals surface area contributed by atoms with Gasteiger partial charge in [0, 0.05) is 31.3 Å². The average Bonchev–Trinajstić information content (AvgIpc) is 2.87. The molecule has 1 aromatic rings. The molecule has 0 amide bonds. The summed E-state index contributed by atoms with van der Waals surface area (Å²) in [4.78, 5) is 11.8. The van der Waals surface area contributed by atoms with Gasteiger partial charge in [0.25, 0.3) is 5.56 Å². The standard InChI is InChI=1S/C12H20N2O/c1-12(2,3)8-14-11(15)7-10(13(14)4)9-5-6-9/h7,9H,5-6,8H2,1-4H3. The molecule has 1 aliphatic rings. The maximum Gasteiger partial charge on any atom is 0.266 e. The fourth-order valence-electron chi connectivity index (χ4n) is 1.98. The van der Waals surface area contributed by atoms with Crippen molar-refractivity contribution in [1.82, 2.24) is 9.36 Å². The summed E-state index contributed by atoms with van der Waals surface area (Å²) in [6, 6.07) is 1.81. The van der Waals surface area contributed by atoms with Gasteiger partial charge in [0.1, 0.15) is 0 Å². The molecule has 0 radical (unpaired) electrons. The third-order valence-corrected chi connectivity index (χ3v) is 2.88. The van der Waals surface area contributed by atoms with E-state index in [1.165, 1.54) is 18.5 Å². The third kappa shape index (κ3) is 2.16. The van der Waals surface area contributed by atoms with Gasteiger partial charge in [0.05, 0.1) is 0 Å². The van der Waals surface area contributed by atoms with Crippen LogP contribution in [0.1, 0.15) is 45.2 Å². The van der Waals surface area contributed by atoms with E-state index in [4.69, 9.17) is 0 Å². The summed E-state index contributed by atoms with van der Waals surface area (Å²) >= 11 is 0. The van der Waals surface area contributed by atoms with E-state index in [1.54, 1.807) is 0 Å². The number of hydrogen-bond donors (Lipinski definition) is 0. The van der Waals surface area contributed by atoms with Crippen molar-refractivity contribution in [2.75, 3.05) is 0 Å². The van der Waals surface area contributed by atoms with Gasteiger partial charge in [0.15, 0.2) is 0 Å². The molecule has 0 atom stereocenters. The topological polar surface area (TPSA) is 26.9 Å². The van der Waals surface area contributed by atoms with Crippen molar-refractivity contribution in [3.63, 3.8) is 0 Å². The molecule has 0 bridgehead atoms. The van der Waals surface area contributed by atoms with Gasteiger partial charge in [-0.15, -0.1) is 0 Å². The molecule has 1 heterocycles. The first-order chi connectivity index (χ1) is 6.88. The van der Waals surface area contributed by atoms with E-state index in [1.807, 2.05) is 22.5 Å². The van der Waals surface area contributed by atoms with E-state index in [0.717, 1.165) is 6.54 Å². The highest BCUT2D eigenvalue weighted by Gasteiger charge is 2.28. The van der Waals surface area contributed by atoms with Gasteiger partial charge in [-0.2, -0.15) is 0 Å². The predicted octanol–water partition coefficient (Wildman–Crippen LogP) is 2.11. The van der Waals surface area contributed by atoms with Crippen LogP contribution in [0.15, 0.2) is 10.9 Å². The Balaban J connectivity index is 2.34. The van der Waals surface area contributed by atoms with Crippen molar-refractivity contribution in [2.45, 2.75) is 46.1 Å². The fourth-order valence-corrected chi connectivity index (χ4v) is 1.98. The van der Waals surface area contributed by atoms with Crippen molar-refractivity contribution < 1.29 is 0 Å². The molecule has 1 saturated carbocycles. The lowest BCUT2D eigenvalue weighted by Crippen LogP contribution is -2.28. The maximum atomic E-state index is 11.8. The van der Waals surface area contributed by atoms with Crippen LogP contribution in [0.4, 0.5) is 0 Å². The number of nitrogens with zero attached hydrogens (tertiary/aromatic N) is 2. The third-order valence-electron chi connectivity index (χ3n) is 2.88. The summed E-state index contributed by atoms with van der Waals surface area (Å²) < 4.78 is 3.90. The predicted molar refractivity (Wildman–Crippen MR) is 61.1 cm³/mol. The Hall–Kier alpha value is -0.990. The Morgan fingerprint density at radius 1 is 1.40 bits per heavy atom. The Morgan fingerprint density at radius 3 is 2.47 bits per heavy atom. The molecule has 0 N–H and O–H groups in total. The van der Waals surface area contributed by atoms with Crippen LogP contribution in [0.2, 0.25) is 0 Å². The number of aromatic nitrogens is 2. The molecule has 1 aromatic heterocycles. The molecule has 3 heteroatoms. The van der Waals surface area contributed by atoms with E-state index in [0.29, 0.717) is 5.92 Å². The van der Waals surface area contributed by atoms with Gasteiger partial charge in [0.2, 0.25) is 0 Å². The minimum absolute atomic E-state index is 0.148. The average molecular weight is 208 g/mol. The lowest BCUT2D eigenvalue weighted by molar-refractivity contribution is 0.295. The second-order valence-corrected chi connectivity index (χ2v) is 5.82. The Kier molecular flexibility index (Phi) is 2.28. The van der Waals surface area contributed by atoms with Crippen LogP contribution in [0.3, 0.4) is 0 Å². The minimum atomic E-state index is 0.148. The zero-order valence-corrected chi connectivity index (χ0v) is 10.1. The van der Waals surface area contributed by atoms with Gasteiger partial charge >= 0.3 is 0 Å². The summed E-state index contributed by atoms with van der Waals surface area (Å²) in [5.41, 5.74) is 1.51. The minimum Gasteiger partial charge on any atom is -0.289 e. The summed E-state index contributed by atoms with van der Waals surface area (Å²) in [7, 11) is 2.00. The van der Waals surface area contributed by atoms with Gasteiger partial charge in [-0.05, 0) is 18.3 Å². The van der Waals surface area contributed by atoms with Crippen LogP contribution in [0, 0.1) is 5.41 Å². The molecule has 2 rings (SSSR count). The van der Waals surface area contributed by atoms with Crippen LogP contribution in [-0.2, 0) is 13.6 Å². The van der Waals surface area contributed by atoms with Crippen LogP contribution < -0.4 is 5.56 Å². The molecule has 1 fully saturated rings. The summed E-state index contributed by atoms with van der Waals surface area (Å²) in [6.45, 7) is 7.25. The highest BCUT2D eigenvalue weighted by Crippen LogP contribution is 2.39. The van der Waals surface area contributed by atoms with Gasteiger partial charge < -0.3 is 0 Å². The largest absolute Gasteiger partial charge is 0.289 e. The highest BCUT2D eigenvalue weighted by atomic mass is 16.1. The molecular weight excluding hydrogens is 188 g/mol. The van der Waals surface area contributed by atoms with Crippen LogP contribution in [-0.4, -0.2) is 9.36 Å². The molecule has 1 aliphatic carbocycles. The van der Waals surface area contributed by atoms with Crippen molar-refractivity contribution in [2.24, 2.45) is 12.5 Å². The van der Waals surface area contributed by atoms with E-state index < -0.39 is 0 Å². The summed E-state index contributed by atoms with van der Waals surface area (Å²) in [6.07, 6.45) is 2.49. The number of hydrogen-bond acceptors (Lipinski definition) is 1. The normalized spacial score (nSPS) is 17.1. The molecule has 0 saturated heterocycles. The SMILES string of the molecule is Cn1c(C2CC2)cc(=O)n1CC(C)(C)C. The maximum absolute atomic E-state index is 11.8. The quantitative estimate of drug-likeness (QED) is 0.731. The first-order valence-electron chi connectivity index (χ1n) is 5.65. The first kappa shape index (κ1) is 10.5. The van der Waals surface area contributed by atoms with Crippen LogP contribution in [0.5, 0.6) is 0 Å². The van der Waals surface area contributed by atoms with Crippen molar-refractivity contribution in [3.8, 4) is 0 Å². The monoisotopic (exact) mass is 208 g/mol. The molecule has 3 nitrogen and oxygen atoms in total. The summed E-state index contributed by atoms with van der Waals surface area (Å²) in [5.74, 6) is 0.643. The van der Waals surface area contributed by atoms with E-state index in [-0.39, 0.29) is 11.0 Å². The Bertz CT molecular complexity index is 416. The first-order valence-corrected chi connectivity index (χ1v) is 5.65. The van der Waals surface area contributed by atoms with Gasteiger partial charge in [-0.25, -0.2) is 0 Å². The van der Waals surface area contributed by atoms with E-state index >= 15 is 0 Å². The van der Waals surface area contributed by atoms with Crippen LogP contribution >= 0.6 is 0 Å². The molecule has 15 heavy (non-hydrogen) atoms. The molecule has 84 valence electrons. The molecule has 0 aliphatic heterocycles. The molecule has 0 spiro atoms. The Morgan fingerprint density at radius 2 is 2.00 bits per heavy atom. The fraction of sp³-hybridized carbons (Fsp3) is 0.750. The van der Waals surface area contributed by atoms with Crippen molar-refractivity contribution in [1.29, 1.82) is 0 Å². The van der Waals surface area contributed by atoms with Gasteiger partial charge in [-0.1, -0.05) is 20.8 Å². The lowest BCUT2D eigenvalue weighted by Gasteiger charge is -2.20. The Labute approximate surface area is 90.7 Å². The zero-order valence-electron chi connectivity index (χ0n) is 10.1. The smallest absolute Gasteiger partial charge is 0.266 e. The lowest BCUT2D eigenvalue weighted by atomic mass is 9.97. The van der Waals surface area contributed by atoms with E-state index in [2.05, 4.69) is 20.8 Å². The second kappa shape index (κ2) is 3.26. The molecular formula is C12H20N2O. The van der Waals surface area contributed by atoms with Crippen LogP contribution in [0.25, 0.3) is 0 Å². The molecule has 0 aromatic carbocycles. The van der Waals surface area contributed by atoms with Crippen molar-refractivity contribution in [3.05, 3.63) is 22.1 Å². The van der Waals surface area contributed by atoms with E-state index in [9.17, 15) is 4.79 Å². The highest BCUT2D eigenvalue weighted by molar-refractivity contribution is 5.14. The number of rotatable bonds is 2. The van der Waals surface area contributed by atoms with Crippen molar-refractivity contribution >= 4 is 0 Å².